The number of sulfonamides is 1. The highest BCUT2D eigenvalue weighted by Gasteiger charge is 2.35. The fourth-order valence-electron chi connectivity index (χ4n) is 2.57. The van der Waals surface area contributed by atoms with E-state index in [0.29, 0.717) is 22.2 Å². The largest absolute Gasteiger partial charge is 0.351 e. The Morgan fingerprint density at radius 2 is 2.17 bits per heavy atom. The Morgan fingerprint density at radius 3 is 2.94 bits per heavy atom. The molecule has 96 valence electrons. The van der Waals surface area contributed by atoms with Gasteiger partial charge in [0.05, 0.1) is 0 Å². The molecule has 3 rings (SSSR count). The lowest BCUT2D eigenvalue weighted by Crippen LogP contribution is -2.36. The van der Waals surface area contributed by atoms with E-state index in [1.807, 2.05) is 17.0 Å². The van der Waals surface area contributed by atoms with E-state index in [1.54, 1.807) is 12.1 Å². The third-order valence-corrected chi connectivity index (χ3v) is 5.12. The van der Waals surface area contributed by atoms with Gasteiger partial charge >= 0.3 is 0 Å². The van der Waals surface area contributed by atoms with Gasteiger partial charge < -0.3 is 4.90 Å². The minimum Gasteiger partial charge on any atom is -0.351 e. The molecule has 0 saturated carbocycles. The van der Waals surface area contributed by atoms with Gasteiger partial charge in [-0.25, -0.2) is 0 Å². The summed E-state index contributed by atoms with van der Waals surface area (Å²) in [5.74, 6) is 1.06. The first kappa shape index (κ1) is 12.0. The van der Waals surface area contributed by atoms with Crippen LogP contribution in [0.25, 0.3) is 0 Å². The number of fused-ring (bicyclic) bond motifs is 1. The van der Waals surface area contributed by atoms with Crippen LogP contribution in [0.15, 0.2) is 33.6 Å². The number of likely N-dealkylation sites (tertiary alicyclic amines) is 1. The first-order chi connectivity index (χ1) is 8.63. The van der Waals surface area contributed by atoms with Crippen molar-refractivity contribution < 1.29 is 8.42 Å². The van der Waals surface area contributed by atoms with E-state index < -0.39 is 10.0 Å². The van der Waals surface area contributed by atoms with Crippen LogP contribution in [0, 0.1) is 0 Å². The van der Waals surface area contributed by atoms with Crippen molar-refractivity contribution >= 4 is 27.5 Å². The van der Waals surface area contributed by atoms with Crippen molar-refractivity contribution in [2.24, 2.45) is 4.40 Å². The smallest absolute Gasteiger partial charge is 0.285 e. The lowest BCUT2D eigenvalue weighted by molar-refractivity contribution is 0.420. The van der Waals surface area contributed by atoms with Crippen LogP contribution in [0.4, 0.5) is 0 Å². The standard InChI is InChI=1S/C12H13ClN2O2S/c13-8-9-4-3-7-15(9)12-10-5-1-2-6-11(10)18(16,17)14-12/h1-2,5-6,9H,3-4,7-8H2. The van der Waals surface area contributed by atoms with Crippen molar-refractivity contribution in [1.82, 2.24) is 4.90 Å². The van der Waals surface area contributed by atoms with Crippen molar-refractivity contribution in [3.05, 3.63) is 29.8 Å². The summed E-state index contributed by atoms with van der Waals surface area (Å²) in [6.07, 6.45) is 2.02. The molecule has 1 fully saturated rings. The van der Waals surface area contributed by atoms with E-state index in [2.05, 4.69) is 4.40 Å². The summed E-state index contributed by atoms with van der Waals surface area (Å²) in [6, 6.07) is 7.15. The Kier molecular flexibility index (Phi) is 2.83. The Hall–Kier alpha value is -1.07. The number of hydrogen-bond donors (Lipinski definition) is 0. The van der Waals surface area contributed by atoms with Gasteiger partial charge in [-0.3, -0.25) is 0 Å². The second-order valence-electron chi connectivity index (χ2n) is 4.53. The quantitative estimate of drug-likeness (QED) is 0.740. The maximum absolute atomic E-state index is 12.0. The molecular weight excluding hydrogens is 272 g/mol. The molecule has 4 nitrogen and oxygen atoms in total. The Morgan fingerprint density at radius 1 is 1.39 bits per heavy atom. The summed E-state index contributed by atoms with van der Waals surface area (Å²) in [4.78, 5) is 2.33. The molecule has 0 radical (unpaired) electrons. The van der Waals surface area contributed by atoms with E-state index in [9.17, 15) is 8.42 Å². The average molecular weight is 285 g/mol. The number of halogens is 1. The zero-order valence-electron chi connectivity index (χ0n) is 9.71. The fourth-order valence-corrected chi connectivity index (χ4v) is 4.11. The molecule has 0 amide bonds. The molecule has 18 heavy (non-hydrogen) atoms. The van der Waals surface area contributed by atoms with Crippen LogP contribution >= 0.6 is 11.6 Å². The summed E-state index contributed by atoms with van der Waals surface area (Å²) in [5, 5.41) is 0. The lowest BCUT2D eigenvalue weighted by atomic mass is 10.1. The summed E-state index contributed by atoms with van der Waals surface area (Å²) < 4.78 is 27.9. The summed E-state index contributed by atoms with van der Waals surface area (Å²) in [5.41, 5.74) is 0.703. The summed E-state index contributed by atoms with van der Waals surface area (Å²) >= 11 is 5.93. The molecule has 1 unspecified atom stereocenters. The van der Waals surface area contributed by atoms with E-state index in [1.165, 1.54) is 0 Å². The third kappa shape index (κ3) is 1.73. The van der Waals surface area contributed by atoms with Gasteiger partial charge in [-0.2, -0.15) is 8.42 Å². The van der Waals surface area contributed by atoms with Crippen LogP contribution in [0.5, 0.6) is 0 Å². The van der Waals surface area contributed by atoms with E-state index >= 15 is 0 Å². The zero-order chi connectivity index (χ0) is 12.8. The highest BCUT2D eigenvalue weighted by molar-refractivity contribution is 7.90. The number of nitrogens with zero attached hydrogens (tertiary/aromatic N) is 2. The number of hydrogen-bond acceptors (Lipinski definition) is 3. The van der Waals surface area contributed by atoms with Crippen molar-refractivity contribution in [1.29, 1.82) is 0 Å². The number of benzene rings is 1. The van der Waals surface area contributed by atoms with Crippen molar-refractivity contribution in [3.8, 4) is 0 Å². The molecule has 6 heteroatoms. The minimum absolute atomic E-state index is 0.187. The number of amidine groups is 1. The highest BCUT2D eigenvalue weighted by atomic mass is 35.5. The van der Waals surface area contributed by atoms with Gasteiger partial charge in [0.25, 0.3) is 10.0 Å². The molecule has 2 heterocycles. The molecule has 2 aliphatic rings. The van der Waals surface area contributed by atoms with E-state index in [0.717, 1.165) is 19.4 Å². The van der Waals surface area contributed by atoms with Crippen LogP contribution in [-0.2, 0) is 10.0 Å². The zero-order valence-corrected chi connectivity index (χ0v) is 11.3. The predicted octanol–water partition coefficient (Wildman–Crippen LogP) is 1.84. The maximum Gasteiger partial charge on any atom is 0.285 e. The summed E-state index contributed by atoms with van der Waals surface area (Å²) in [7, 11) is -3.52. The molecule has 1 saturated heterocycles. The van der Waals surface area contributed by atoms with E-state index in [-0.39, 0.29) is 6.04 Å². The Balaban J connectivity index is 2.09. The molecule has 0 spiro atoms. The molecule has 0 aliphatic carbocycles. The predicted molar refractivity (Wildman–Crippen MR) is 70.6 cm³/mol. The third-order valence-electron chi connectivity index (χ3n) is 3.44. The molecule has 0 bridgehead atoms. The van der Waals surface area contributed by atoms with Crippen LogP contribution < -0.4 is 0 Å². The molecule has 1 atom stereocenters. The Bertz CT molecular complexity index is 612. The van der Waals surface area contributed by atoms with Gasteiger partial charge in [0.15, 0.2) is 5.84 Å². The number of rotatable bonds is 1. The van der Waals surface area contributed by atoms with Gasteiger partial charge in [0, 0.05) is 24.0 Å². The lowest BCUT2D eigenvalue weighted by Gasteiger charge is -2.24. The average Bonchev–Trinajstić information content (AvgIpc) is 2.92. The first-order valence-corrected chi connectivity index (χ1v) is 7.88. The molecule has 1 aromatic carbocycles. The first-order valence-electron chi connectivity index (χ1n) is 5.90. The summed E-state index contributed by atoms with van der Waals surface area (Å²) in [6.45, 7) is 0.820. The second kappa shape index (κ2) is 4.24. The van der Waals surface area contributed by atoms with Gasteiger partial charge in [0.1, 0.15) is 4.90 Å². The molecule has 0 N–H and O–H groups in total. The van der Waals surface area contributed by atoms with Gasteiger partial charge in [-0.05, 0) is 25.0 Å². The molecule has 0 aromatic heterocycles. The molecular formula is C12H13ClN2O2S. The molecule has 1 aromatic rings. The van der Waals surface area contributed by atoms with Gasteiger partial charge in [-0.15, -0.1) is 16.0 Å². The Labute approximate surface area is 111 Å². The van der Waals surface area contributed by atoms with Crippen molar-refractivity contribution in [2.45, 2.75) is 23.8 Å². The minimum atomic E-state index is -3.52. The van der Waals surface area contributed by atoms with Crippen LogP contribution in [0.1, 0.15) is 18.4 Å². The van der Waals surface area contributed by atoms with E-state index in [4.69, 9.17) is 11.6 Å². The second-order valence-corrected chi connectivity index (χ2v) is 6.41. The van der Waals surface area contributed by atoms with Gasteiger partial charge in [0.2, 0.25) is 0 Å². The number of alkyl halides is 1. The van der Waals surface area contributed by atoms with Gasteiger partial charge in [-0.1, -0.05) is 12.1 Å². The van der Waals surface area contributed by atoms with Crippen LogP contribution in [0.2, 0.25) is 0 Å². The van der Waals surface area contributed by atoms with Crippen LogP contribution in [0.3, 0.4) is 0 Å². The topological polar surface area (TPSA) is 49.7 Å². The highest BCUT2D eigenvalue weighted by Crippen LogP contribution is 2.31. The maximum atomic E-state index is 12.0. The SMILES string of the molecule is O=S1(=O)N=C(N2CCCC2CCl)c2ccccc21. The normalized spacial score (nSPS) is 25.1. The van der Waals surface area contributed by atoms with Crippen molar-refractivity contribution in [3.63, 3.8) is 0 Å². The van der Waals surface area contributed by atoms with Crippen molar-refractivity contribution in [2.75, 3.05) is 12.4 Å². The fraction of sp³-hybridized carbons (Fsp3) is 0.417. The molecule has 2 aliphatic heterocycles. The monoisotopic (exact) mass is 284 g/mol. The van der Waals surface area contributed by atoms with Crippen LogP contribution in [-0.4, -0.2) is 37.6 Å².